The molecule has 0 saturated carbocycles. The van der Waals surface area contributed by atoms with Gasteiger partial charge in [-0.3, -0.25) is 0 Å². The van der Waals surface area contributed by atoms with E-state index in [0.717, 1.165) is 61.6 Å². The first-order valence-electron chi connectivity index (χ1n) is 15.1. The number of nitrogens with zero attached hydrogens (tertiary/aromatic N) is 5. The fourth-order valence-corrected chi connectivity index (χ4v) is 8.33. The van der Waals surface area contributed by atoms with E-state index in [1.165, 1.54) is 21.8 Å². The second-order valence-electron chi connectivity index (χ2n) is 12.1. The van der Waals surface area contributed by atoms with Crippen molar-refractivity contribution < 1.29 is 18.4 Å². The highest BCUT2D eigenvalue weighted by Gasteiger charge is 2.68. The average Bonchev–Trinajstić information content (AvgIpc) is 3.84. The zero-order valence-corrected chi connectivity index (χ0v) is 23.7. The van der Waals surface area contributed by atoms with E-state index in [4.69, 9.17) is 14.1 Å². The molecule has 208 valence electrons. The number of pyridine rings is 2. The van der Waals surface area contributed by atoms with Gasteiger partial charge in [0.05, 0.1) is 18.0 Å². The lowest BCUT2D eigenvalue weighted by Crippen LogP contribution is -2.76. The SMILES string of the molecule is c1cc2c3c(c1)-n1cc(-c4cnc5oc6ccccc6c5c4)c[n+]1C31c3c(ccc4c5ccccc5n(c34)-c3cccc[n+]31)O2. The molecular weight excluding hydrogens is 558 g/mol. The van der Waals surface area contributed by atoms with E-state index < -0.39 is 5.66 Å². The summed E-state index contributed by atoms with van der Waals surface area (Å²) in [5.41, 5.74) is 8.63. The monoisotopic (exact) mass is 579 g/mol. The Balaban J connectivity index is 1.23. The number of ether oxygens (including phenoxy) is 1. The van der Waals surface area contributed by atoms with Crippen LogP contribution in [0.1, 0.15) is 11.1 Å². The summed E-state index contributed by atoms with van der Waals surface area (Å²) in [4.78, 5) is 4.76. The number of hydrogen-bond donors (Lipinski definition) is 0. The summed E-state index contributed by atoms with van der Waals surface area (Å²) in [6, 6.07) is 36.2. The molecule has 3 aliphatic heterocycles. The molecule has 12 rings (SSSR count). The van der Waals surface area contributed by atoms with E-state index >= 15 is 0 Å². The molecule has 0 aliphatic carbocycles. The fraction of sp³-hybridized carbons (Fsp3) is 0.0263. The third kappa shape index (κ3) is 2.37. The Morgan fingerprint density at radius 3 is 2.56 bits per heavy atom. The lowest BCUT2D eigenvalue weighted by molar-refractivity contribution is -0.993. The number of hydrogen-bond acceptors (Lipinski definition) is 3. The minimum atomic E-state index is -0.710. The van der Waals surface area contributed by atoms with Crippen molar-refractivity contribution in [3.8, 4) is 34.1 Å². The maximum atomic E-state index is 6.76. The molecule has 0 N–H and O–H groups in total. The third-order valence-electron chi connectivity index (χ3n) is 10.0. The number of benzene rings is 4. The van der Waals surface area contributed by atoms with Crippen LogP contribution in [0.3, 0.4) is 0 Å². The maximum absolute atomic E-state index is 6.76. The molecule has 4 aromatic carbocycles. The summed E-state index contributed by atoms with van der Waals surface area (Å²) in [5.74, 6) is 2.85. The van der Waals surface area contributed by atoms with Crippen molar-refractivity contribution in [3.05, 3.63) is 139 Å². The van der Waals surface area contributed by atoms with E-state index in [1.807, 2.05) is 24.4 Å². The molecule has 9 aromatic rings. The summed E-state index contributed by atoms with van der Waals surface area (Å²) in [5, 5.41) is 4.53. The maximum Gasteiger partial charge on any atom is 0.397 e. The largest absolute Gasteiger partial charge is 0.456 e. The van der Waals surface area contributed by atoms with Crippen LogP contribution >= 0.6 is 0 Å². The van der Waals surface area contributed by atoms with Gasteiger partial charge in [0, 0.05) is 39.4 Å². The van der Waals surface area contributed by atoms with Gasteiger partial charge in [-0.2, -0.15) is 9.13 Å². The highest BCUT2D eigenvalue weighted by Crippen LogP contribution is 2.55. The van der Waals surface area contributed by atoms with Gasteiger partial charge >= 0.3 is 5.66 Å². The van der Waals surface area contributed by atoms with Gasteiger partial charge in [0.1, 0.15) is 33.8 Å². The first-order valence-corrected chi connectivity index (χ1v) is 15.1. The molecule has 5 aromatic heterocycles. The van der Waals surface area contributed by atoms with Crippen molar-refractivity contribution in [1.29, 1.82) is 0 Å². The van der Waals surface area contributed by atoms with Crippen LogP contribution in [0.15, 0.2) is 132 Å². The lowest BCUT2D eigenvalue weighted by Gasteiger charge is -2.32. The fourth-order valence-electron chi connectivity index (χ4n) is 8.33. The summed E-state index contributed by atoms with van der Waals surface area (Å²) >= 11 is 0. The predicted molar refractivity (Wildman–Crippen MR) is 169 cm³/mol. The van der Waals surface area contributed by atoms with Crippen molar-refractivity contribution >= 4 is 43.9 Å². The van der Waals surface area contributed by atoms with Gasteiger partial charge < -0.3 is 9.15 Å². The van der Waals surface area contributed by atoms with Crippen LogP contribution in [0, 0.1) is 0 Å². The Morgan fingerprint density at radius 2 is 1.58 bits per heavy atom. The smallest absolute Gasteiger partial charge is 0.397 e. The predicted octanol–water partition coefficient (Wildman–Crippen LogP) is 7.14. The standard InChI is InChI=1S/C38H21N5O2/c1-3-10-28-24(8-1)26-15-16-32-35-36(26)43(28)33-14-5-6-17-40(33)38(35)34-29(11-7-13-31(34)44-32)41-20-23(21-42(38)41)22-18-27-25-9-2-4-12-30(25)45-37(27)39-19-22/h1-21H/q+2. The number of para-hydroxylation sites is 2. The molecule has 0 bridgehead atoms. The van der Waals surface area contributed by atoms with Crippen molar-refractivity contribution in [2.75, 3.05) is 0 Å². The van der Waals surface area contributed by atoms with Crippen LogP contribution in [-0.2, 0) is 5.66 Å². The number of aromatic nitrogens is 5. The molecule has 0 saturated heterocycles. The molecule has 8 heterocycles. The van der Waals surface area contributed by atoms with Crippen LogP contribution in [-0.4, -0.2) is 14.2 Å². The minimum Gasteiger partial charge on any atom is -0.456 e. The molecule has 7 nitrogen and oxygen atoms in total. The quantitative estimate of drug-likeness (QED) is 0.194. The highest BCUT2D eigenvalue weighted by atomic mass is 16.5. The van der Waals surface area contributed by atoms with Gasteiger partial charge in [0.25, 0.3) is 5.82 Å². The number of furan rings is 1. The molecular formula is C38H21N5O2+2. The van der Waals surface area contributed by atoms with Crippen LogP contribution < -0.4 is 14.0 Å². The Labute approximate surface area is 255 Å². The minimum absolute atomic E-state index is 0.651. The Morgan fingerprint density at radius 1 is 0.711 bits per heavy atom. The van der Waals surface area contributed by atoms with Gasteiger partial charge in [0.15, 0.2) is 11.1 Å². The topological polar surface area (TPSA) is 52.9 Å². The number of rotatable bonds is 1. The average molecular weight is 580 g/mol. The van der Waals surface area contributed by atoms with Gasteiger partial charge in [-0.05, 0) is 54.6 Å². The second-order valence-corrected chi connectivity index (χ2v) is 12.1. The number of fused-ring (bicyclic) bond motifs is 10. The molecule has 3 aliphatic rings. The van der Waals surface area contributed by atoms with Crippen LogP contribution in [0.25, 0.3) is 66.5 Å². The molecule has 1 unspecified atom stereocenters. The Kier molecular flexibility index (Phi) is 3.62. The summed E-state index contributed by atoms with van der Waals surface area (Å²) < 4.78 is 22.3. The van der Waals surface area contributed by atoms with E-state index in [2.05, 4.69) is 122 Å². The van der Waals surface area contributed by atoms with Crippen molar-refractivity contribution in [3.63, 3.8) is 0 Å². The third-order valence-corrected chi connectivity index (χ3v) is 10.0. The summed E-state index contributed by atoms with van der Waals surface area (Å²) in [6.07, 6.45) is 8.62. The van der Waals surface area contributed by atoms with Crippen LogP contribution in [0.2, 0.25) is 0 Å². The van der Waals surface area contributed by atoms with Crippen molar-refractivity contribution in [2.45, 2.75) is 5.66 Å². The van der Waals surface area contributed by atoms with Crippen LogP contribution in [0.4, 0.5) is 0 Å². The summed E-state index contributed by atoms with van der Waals surface area (Å²) in [7, 11) is 0. The highest BCUT2D eigenvalue weighted by molar-refractivity contribution is 6.11. The van der Waals surface area contributed by atoms with Crippen LogP contribution in [0.5, 0.6) is 11.5 Å². The zero-order chi connectivity index (χ0) is 29.0. The van der Waals surface area contributed by atoms with Gasteiger partial charge in [-0.15, -0.1) is 4.68 Å². The molecule has 1 spiro atoms. The Bertz CT molecular complexity index is 2820. The van der Waals surface area contributed by atoms with Crippen molar-refractivity contribution in [1.82, 2.24) is 14.2 Å². The van der Waals surface area contributed by atoms with Crippen molar-refractivity contribution in [2.24, 2.45) is 0 Å². The molecule has 1 atom stereocenters. The molecule has 0 amide bonds. The molecule has 0 radical (unpaired) electrons. The van der Waals surface area contributed by atoms with Gasteiger partial charge in [-0.25, -0.2) is 4.98 Å². The summed E-state index contributed by atoms with van der Waals surface area (Å²) in [6.45, 7) is 0. The van der Waals surface area contributed by atoms with E-state index in [1.54, 1.807) is 0 Å². The zero-order valence-electron chi connectivity index (χ0n) is 23.7. The first kappa shape index (κ1) is 22.3. The van der Waals surface area contributed by atoms with Gasteiger partial charge in [0.2, 0.25) is 11.9 Å². The molecule has 0 fully saturated rings. The van der Waals surface area contributed by atoms with E-state index in [-0.39, 0.29) is 0 Å². The molecule has 7 heteroatoms. The van der Waals surface area contributed by atoms with E-state index in [9.17, 15) is 0 Å². The van der Waals surface area contributed by atoms with Gasteiger partial charge in [-0.1, -0.05) is 47.1 Å². The Hall–Kier alpha value is -6.21. The van der Waals surface area contributed by atoms with E-state index in [0.29, 0.717) is 5.71 Å². The first-order chi connectivity index (χ1) is 22.3. The second kappa shape index (κ2) is 7.29. The normalized spacial score (nSPS) is 16.7. The molecule has 45 heavy (non-hydrogen) atoms. The lowest BCUT2D eigenvalue weighted by atomic mass is 9.84.